The molecular formula is C16H16O4S2. The van der Waals surface area contributed by atoms with Crippen LogP contribution in [0.4, 0.5) is 0 Å². The normalized spacial score (nSPS) is 12.8. The molecule has 0 saturated heterocycles. The molecule has 2 aromatic carbocycles. The topological polar surface area (TPSA) is 60.4 Å². The summed E-state index contributed by atoms with van der Waals surface area (Å²) in [6, 6.07) is 15.0. The summed E-state index contributed by atoms with van der Waals surface area (Å²) in [7, 11) is -5.39. The Kier molecular flexibility index (Phi) is 5.28. The molecule has 6 heteroatoms. The molecule has 0 fully saturated rings. The van der Waals surface area contributed by atoms with Crippen molar-refractivity contribution in [1.82, 2.24) is 0 Å². The number of rotatable bonds is 6. The summed E-state index contributed by atoms with van der Waals surface area (Å²) in [5.74, 6) is 0. The van der Waals surface area contributed by atoms with Crippen molar-refractivity contribution in [3.05, 3.63) is 71.6 Å². The van der Waals surface area contributed by atoms with Crippen molar-refractivity contribution in [2.45, 2.75) is 16.7 Å². The lowest BCUT2D eigenvalue weighted by atomic mass is 10.2. The summed E-state index contributed by atoms with van der Waals surface area (Å²) in [5.41, 5.74) is 0.952. The highest BCUT2D eigenvalue weighted by molar-refractivity contribution is 7.89. The van der Waals surface area contributed by atoms with Crippen molar-refractivity contribution < 1.29 is 16.8 Å². The third-order valence-corrected chi connectivity index (χ3v) is 5.52. The minimum Gasteiger partial charge on any atom is -0.261 e. The molecule has 0 bridgehead atoms. The van der Waals surface area contributed by atoms with Gasteiger partial charge in [-0.3, -0.25) is 4.18 Å². The minimum atomic E-state index is -3.88. The van der Waals surface area contributed by atoms with E-state index in [4.69, 9.17) is 4.18 Å². The summed E-state index contributed by atoms with van der Waals surface area (Å²) < 4.78 is 41.2. The molecule has 0 radical (unpaired) electrons. The lowest BCUT2D eigenvalue weighted by Crippen LogP contribution is -2.11. The van der Waals surface area contributed by atoms with E-state index in [0.29, 0.717) is 4.90 Å². The van der Waals surface area contributed by atoms with E-state index >= 15 is 0 Å². The zero-order valence-corrected chi connectivity index (χ0v) is 13.7. The standard InChI is InChI=1S/C16H16O4S2/c1-13-8-10-16(11-9-13)22(18,19)20-12-14(2)21(17)15-6-4-3-5-7-15/h3-11H,2,12H2,1H3. The number of aryl methyl sites for hydroxylation is 1. The summed E-state index contributed by atoms with van der Waals surface area (Å²) in [6.45, 7) is 5.19. The molecule has 1 atom stereocenters. The molecule has 0 saturated carbocycles. The Bertz CT molecular complexity index is 779. The predicted octanol–water partition coefficient (Wildman–Crippen LogP) is 3.02. The molecule has 0 heterocycles. The maximum atomic E-state index is 12.2. The van der Waals surface area contributed by atoms with Gasteiger partial charge in [0.25, 0.3) is 10.1 Å². The second-order valence-corrected chi connectivity index (χ2v) is 7.85. The third-order valence-electron chi connectivity index (χ3n) is 2.90. The van der Waals surface area contributed by atoms with Crippen LogP contribution in [0.2, 0.25) is 0 Å². The van der Waals surface area contributed by atoms with Crippen LogP contribution in [0.1, 0.15) is 5.56 Å². The Hall–Kier alpha value is -1.76. The fraction of sp³-hybridized carbons (Fsp3) is 0.125. The van der Waals surface area contributed by atoms with Gasteiger partial charge in [0.15, 0.2) is 0 Å². The molecule has 0 aromatic heterocycles. The van der Waals surface area contributed by atoms with Crippen molar-refractivity contribution in [1.29, 1.82) is 0 Å². The zero-order chi connectivity index (χ0) is 16.2. The molecule has 0 aliphatic carbocycles. The van der Waals surface area contributed by atoms with Gasteiger partial charge in [-0.1, -0.05) is 42.5 Å². The fourth-order valence-corrected chi connectivity index (χ4v) is 3.56. The van der Waals surface area contributed by atoms with Crippen LogP contribution in [-0.2, 0) is 25.1 Å². The largest absolute Gasteiger partial charge is 0.297 e. The van der Waals surface area contributed by atoms with Crippen LogP contribution in [0.25, 0.3) is 0 Å². The maximum Gasteiger partial charge on any atom is 0.297 e. The Morgan fingerprint density at radius 2 is 1.68 bits per heavy atom. The van der Waals surface area contributed by atoms with Crippen LogP contribution in [0.5, 0.6) is 0 Å². The van der Waals surface area contributed by atoms with Gasteiger partial charge in [0.1, 0.15) is 0 Å². The SMILES string of the molecule is C=C(COS(=O)(=O)c1ccc(C)cc1)S(=O)c1ccccc1. The Balaban J connectivity index is 2.04. The summed E-state index contributed by atoms with van der Waals surface area (Å²) in [6.07, 6.45) is 0. The first-order chi connectivity index (χ1) is 10.4. The van der Waals surface area contributed by atoms with Crippen LogP contribution in [-0.4, -0.2) is 19.2 Å². The van der Waals surface area contributed by atoms with Crippen molar-refractivity contribution >= 4 is 20.9 Å². The summed E-state index contributed by atoms with van der Waals surface area (Å²) in [5, 5.41) is 0. The van der Waals surface area contributed by atoms with Crippen molar-refractivity contribution in [3.8, 4) is 0 Å². The molecule has 4 nitrogen and oxygen atoms in total. The highest BCUT2D eigenvalue weighted by Gasteiger charge is 2.17. The second kappa shape index (κ2) is 7.00. The molecule has 22 heavy (non-hydrogen) atoms. The van der Waals surface area contributed by atoms with Crippen LogP contribution in [0, 0.1) is 6.92 Å². The highest BCUT2D eigenvalue weighted by atomic mass is 32.2. The van der Waals surface area contributed by atoms with Gasteiger partial charge in [-0.25, -0.2) is 4.21 Å². The van der Waals surface area contributed by atoms with Gasteiger partial charge in [-0.2, -0.15) is 8.42 Å². The Morgan fingerprint density at radius 1 is 1.09 bits per heavy atom. The first-order valence-electron chi connectivity index (χ1n) is 6.51. The maximum absolute atomic E-state index is 12.2. The molecule has 0 spiro atoms. The van der Waals surface area contributed by atoms with Gasteiger partial charge in [0, 0.05) is 9.80 Å². The molecule has 0 amide bonds. The van der Waals surface area contributed by atoms with E-state index in [-0.39, 0.29) is 16.4 Å². The van der Waals surface area contributed by atoms with E-state index in [2.05, 4.69) is 6.58 Å². The van der Waals surface area contributed by atoms with E-state index < -0.39 is 20.9 Å². The number of benzene rings is 2. The second-order valence-electron chi connectivity index (χ2n) is 4.65. The van der Waals surface area contributed by atoms with E-state index in [1.54, 1.807) is 36.4 Å². The Morgan fingerprint density at radius 3 is 2.27 bits per heavy atom. The van der Waals surface area contributed by atoms with Crippen molar-refractivity contribution in [2.24, 2.45) is 0 Å². The van der Waals surface area contributed by atoms with E-state index in [1.807, 2.05) is 13.0 Å². The van der Waals surface area contributed by atoms with Gasteiger partial charge in [-0.15, -0.1) is 0 Å². The highest BCUT2D eigenvalue weighted by Crippen LogP contribution is 2.17. The quantitative estimate of drug-likeness (QED) is 0.761. The smallest absolute Gasteiger partial charge is 0.261 e. The lowest BCUT2D eigenvalue weighted by Gasteiger charge is -2.08. The van der Waals surface area contributed by atoms with Gasteiger partial charge in [0.2, 0.25) is 0 Å². The number of hydrogen-bond acceptors (Lipinski definition) is 4. The lowest BCUT2D eigenvalue weighted by molar-refractivity contribution is 0.354. The van der Waals surface area contributed by atoms with Crippen molar-refractivity contribution in [2.75, 3.05) is 6.61 Å². The predicted molar refractivity (Wildman–Crippen MR) is 86.3 cm³/mol. The fourth-order valence-electron chi connectivity index (χ4n) is 1.68. The Labute approximate surface area is 133 Å². The summed E-state index contributed by atoms with van der Waals surface area (Å²) in [4.78, 5) is 0.821. The monoisotopic (exact) mass is 336 g/mol. The first-order valence-corrected chi connectivity index (χ1v) is 9.06. The molecule has 2 rings (SSSR count). The average Bonchev–Trinajstić information content (AvgIpc) is 2.53. The van der Waals surface area contributed by atoms with Crippen LogP contribution >= 0.6 is 0 Å². The summed E-state index contributed by atoms with van der Waals surface area (Å²) >= 11 is 0. The van der Waals surface area contributed by atoms with Gasteiger partial charge >= 0.3 is 0 Å². The zero-order valence-electron chi connectivity index (χ0n) is 12.1. The van der Waals surface area contributed by atoms with Crippen molar-refractivity contribution in [3.63, 3.8) is 0 Å². The molecule has 1 unspecified atom stereocenters. The molecule has 0 N–H and O–H groups in total. The number of hydrogen-bond donors (Lipinski definition) is 0. The van der Waals surface area contributed by atoms with E-state index in [9.17, 15) is 12.6 Å². The van der Waals surface area contributed by atoms with Crippen LogP contribution in [0.15, 0.2) is 75.9 Å². The van der Waals surface area contributed by atoms with Gasteiger partial charge in [0.05, 0.1) is 22.3 Å². The van der Waals surface area contributed by atoms with Crippen LogP contribution < -0.4 is 0 Å². The molecule has 0 aliphatic rings. The van der Waals surface area contributed by atoms with E-state index in [0.717, 1.165) is 5.56 Å². The third kappa shape index (κ3) is 4.13. The first kappa shape index (κ1) is 16.6. The van der Waals surface area contributed by atoms with Gasteiger partial charge in [-0.05, 0) is 31.2 Å². The molecule has 116 valence electrons. The van der Waals surface area contributed by atoms with E-state index in [1.165, 1.54) is 12.1 Å². The average molecular weight is 336 g/mol. The molecule has 0 aliphatic heterocycles. The molecular weight excluding hydrogens is 320 g/mol. The van der Waals surface area contributed by atoms with Crippen LogP contribution in [0.3, 0.4) is 0 Å². The molecule has 2 aromatic rings. The van der Waals surface area contributed by atoms with Gasteiger partial charge < -0.3 is 0 Å². The minimum absolute atomic E-state index is 0.0661.